The van der Waals surface area contributed by atoms with Crippen molar-refractivity contribution in [2.45, 2.75) is 40.0 Å². The number of aliphatic hydroxyl groups is 1. The zero-order chi connectivity index (χ0) is 14.3. The second-order valence-corrected chi connectivity index (χ2v) is 4.54. The Hall–Kier alpha value is -1.56. The van der Waals surface area contributed by atoms with Gasteiger partial charge in [0, 0.05) is 13.2 Å². The molecule has 1 heterocycles. The Bertz CT molecular complexity index is 404. The molecule has 1 rings (SSSR count). The van der Waals surface area contributed by atoms with Crippen LogP contribution in [0.15, 0.2) is 4.52 Å². The summed E-state index contributed by atoms with van der Waals surface area (Å²) in [6, 6.07) is -0.266. The second-order valence-electron chi connectivity index (χ2n) is 4.54. The molecule has 0 radical (unpaired) electrons. The molecule has 19 heavy (non-hydrogen) atoms. The zero-order valence-electron chi connectivity index (χ0n) is 11.8. The molecule has 1 aromatic heterocycles. The van der Waals surface area contributed by atoms with Gasteiger partial charge in [0.15, 0.2) is 5.76 Å². The third kappa shape index (κ3) is 4.55. The van der Waals surface area contributed by atoms with Crippen molar-refractivity contribution >= 4 is 11.7 Å². The van der Waals surface area contributed by atoms with Gasteiger partial charge in [0.25, 0.3) is 0 Å². The van der Waals surface area contributed by atoms with Crippen LogP contribution in [0.3, 0.4) is 0 Å². The summed E-state index contributed by atoms with van der Waals surface area (Å²) >= 11 is 0. The third-order valence-electron chi connectivity index (χ3n) is 3.17. The van der Waals surface area contributed by atoms with Crippen LogP contribution in [-0.4, -0.2) is 29.4 Å². The van der Waals surface area contributed by atoms with Gasteiger partial charge in [-0.2, -0.15) is 0 Å². The minimum absolute atomic E-state index is 0.145. The van der Waals surface area contributed by atoms with E-state index in [9.17, 15) is 4.79 Å². The van der Waals surface area contributed by atoms with Crippen LogP contribution in [0, 0.1) is 12.8 Å². The number of aryl methyl sites for hydroxylation is 2. The first-order valence-corrected chi connectivity index (χ1v) is 6.73. The van der Waals surface area contributed by atoms with Crippen LogP contribution in [-0.2, 0) is 6.42 Å². The van der Waals surface area contributed by atoms with E-state index in [4.69, 9.17) is 9.63 Å². The predicted octanol–water partition coefficient (Wildman–Crippen LogP) is 2.08. The number of hydrogen-bond donors (Lipinski definition) is 3. The van der Waals surface area contributed by atoms with Crippen molar-refractivity contribution in [3.05, 3.63) is 11.5 Å². The van der Waals surface area contributed by atoms with Crippen molar-refractivity contribution in [2.75, 3.05) is 18.5 Å². The van der Waals surface area contributed by atoms with Gasteiger partial charge in [0.05, 0.1) is 0 Å². The maximum Gasteiger partial charge on any atom is 0.319 e. The first-order valence-electron chi connectivity index (χ1n) is 6.73. The van der Waals surface area contributed by atoms with E-state index in [1.807, 2.05) is 13.8 Å². The highest BCUT2D eigenvalue weighted by Gasteiger charge is 2.14. The number of aliphatic hydroxyl groups excluding tert-OH is 1. The number of nitrogens with one attached hydrogen (secondary N) is 2. The number of carbonyl (C=O) groups is 1. The largest absolute Gasteiger partial charge is 0.396 e. The van der Waals surface area contributed by atoms with Crippen molar-refractivity contribution in [2.24, 2.45) is 5.92 Å². The first kappa shape index (κ1) is 15.5. The molecule has 2 amide bonds. The van der Waals surface area contributed by atoms with Gasteiger partial charge in [-0.25, -0.2) is 4.79 Å². The van der Waals surface area contributed by atoms with Crippen LogP contribution in [0.25, 0.3) is 0 Å². The summed E-state index contributed by atoms with van der Waals surface area (Å²) in [6.45, 7) is 6.46. The highest BCUT2D eigenvalue weighted by Crippen LogP contribution is 2.19. The number of urea groups is 1. The molecule has 0 aliphatic heterocycles. The van der Waals surface area contributed by atoms with Gasteiger partial charge in [-0.15, -0.1) is 0 Å². The average Bonchev–Trinajstić information content (AvgIpc) is 2.75. The van der Waals surface area contributed by atoms with Crippen LogP contribution in [0.2, 0.25) is 0 Å². The molecule has 6 nitrogen and oxygen atoms in total. The molecule has 6 heteroatoms. The summed E-state index contributed by atoms with van der Waals surface area (Å²) in [7, 11) is 0. The second kappa shape index (κ2) is 7.78. The van der Waals surface area contributed by atoms with Crippen LogP contribution < -0.4 is 10.6 Å². The van der Waals surface area contributed by atoms with Gasteiger partial charge in [0.1, 0.15) is 11.4 Å². The summed E-state index contributed by atoms with van der Waals surface area (Å²) < 4.78 is 5.05. The van der Waals surface area contributed by atoms with Crippen molar-refractivity contribution in [3.8, 4) is 0 Å². The number of amides is 2. The predicted molar refractivity (Wildman–Crippen MR) is 73.1 cm³/mol. The Morgan fingerprint density at radius 2 is 2.21 bits per heavy atom. The van der Waals surface area contributed by atoms with E-state index in [2.05, 4.69) is 15.8 Å². The van der Waals surface area contributed by atoms with E-state index in [0.29, 0.717) is 36.8 Å². The molecule has 3 N–H and O–H groups in total. The molecule has 0 aliphatic carbocycles. The SMILES string of the molecule is CCc1noc(C)c1NC(=O)NCC(CC)CCO. The number of carbonyl (C=O) groups excluding carboxylic acids is 1. The van der Waals surface area contributed by atoms with Crippen LogP contribution in [0.4, 0.5) is 10.5 Å². The van der Waals surface area contributed by atoms with Crippen molar-refractivity contribution in [1.29, 1.82) is 0 Å². The Kier molecular flexibility index (Phi) is 6.35. The van der Waals surface area contributed by atoms with E-state index >= 15 is 0 Å². The molecule has 108 valence electrons. The van der Waals surface area contributed by atoms with E-state index < -0.39 is 0 Å². The first-order chi connectivity index (χ1) is 9.12. The Balaban J connectivity index is 2.48. The maximum absolute atomic E-state index is 11.8. The number of rotatable bonds is 7. The lowest BCUT2D eigenvalue weighted by Crippen LogP contribution is -2.33. The summed E-state index contributed by atoms with van der Waals surface area (Å²) in [6.07, 6.45) is 2.33. The summed E-state index contributed by atoms with van der Waals surface area (Å²) in [5.74, 6) is 0.902. The normalized spacial score (nSPS) is 12.2. The highest BCUT2D eigenvalue weighted by atomic mass is 16.5. The van der Waals surface area contributed by atoms with Gasteiger partial charge < -0.3 is 20.3 Å². The van der Waals surface area contributed by atoms with Crippen LogP contribution in [0.1, 0.15) is 38.1 Å². The highest BCUT2D eigenvalue weighted by molar-refractivity contribution is 5.90. The molecule has 0 saturated carbocycles. The molecular formula is C13H23N3O3. The minimum atomic E-state index is -0.266. The molecule has 1 aromatic rings. The molecule has 1 unspecified atom stereocenters. The third-order valence-corrected chi connectivity index (χ3v) is 3.17. The molecule has 0 saturated heterocycles. The molecule has 0 fully saturated rings. The Morgan fingerprint density at radius 1 is 1.47 bits per heavy atom. The summed E-state index contributed by atoms with van der Waals surface area (Å²) in [5, 5.41) is 18.3. The Labute approximate surface area is 113 Å². The van der Waals surface area contributed by atoms with Crippen LogP contribution in [0.5, 0.6) is 0 Å². The fraction of sp³-hybridized carbons (Fsp3) is 0.692. The van der Waals surface area contributed by atoms with Crippen molar-refractivity contribution in [1.82, 2.24) is 10.5 Å². The molecule has 0 aliphatic rings. The fourth-order valence-corrected chi connectivity index (χ4v) is 1.85. The lowest BCUT2D eigenvalue weighted by atomic mass is 10.0. The molecule has 0 spiro atoms. The summed E-state index contributed by atoms with van der Waals surface area (Å²) in [5.41, 5.74) is 1.39. The number of anilines is 1. The smallest absolute Gasteiger partial charge is 0.319 e. The van der Waals surface area contributed by atoms with Crippen LogP contribution >= 0.6 is 0 Å². The topological polar surface area (TPSA) is 87.4 Å². The van der Waals surface area contributed by atoms with E-state index in [-0.39, 0.29) is 12.6 Å². The molecule has 1 atom stereocenters. The fourth-order valence-electron chi connectivity index (χ4n) is 1.85. The van der Waals surface area contributed by atoms with Gasteiger partial charge in [-0.1, -0.05) is 25.4 Å². The van der Waals surface area contributed by atoms with Gasteiger partial charge in [-0.3, -0.25) is 0 Å². The molecular weight excluding hydrogens is 246 g/mol. The van der Waals surface area contributed by atoms with E-state index in [1.54, 1.807) is 6.92 Å². The number of hydrogen-bond acceptors (Lipinski definition) is 4. The minimum Gasteiger partial charge on any atom is -0.396 e. The molecule has 0 bridgehead atoms. The van der Waals surface area contributed by atoms with Gasteiger partial charge in [-0.05, 0) is 25.7 Å². The van der Waals surface area contributed by atoms with E-state index in [0.717, 1.165) is 12.1 Å². The number of nitrogens with zero attached hydrogens (tertiary/aromatic N) is 1. The van der Waals surface area contributed by atoms with Crippen molar-refractivity contribution in [3.63, 3.8) is 0 Å². The molecule has 0 aromatic carbocycles. The average molecular weight is 269 g/mol. The Morgan fingerprint density at radius 3 is 2.79 bits per heavy atom. The van der Waals surface area contributed by atoms with E-state index in [1.165, 1.54) is 0 Å². The maximum atomic E-state index is 11.8. The lowest BCUT2D eigenvalue weighted by Gasteiger charge is -2.14. The monoisotopic (exact) mass is 269 g/mol. The summed E-state index contributed by atoms with van der Waals surface area (Å²) in [4.78, 5) is 11.8. The van der Waals surface area contributed by atoms with Crippen molar-refractivity contribution < 1.29 is 14.4 Å². The lowest BCUT2D eigenvalue weighted by molar-refractivity contribution is 0.238. The number of aromatic nitrogens is 1. The quantitative estimate of drug-likeness (QED) is 0.707. The van der Waals surface area contributed by atoms with Gasteiger partial charge in [0.2, 0.25) is 0 Å². The zero-order valence-corrected chi connectivity index (χ0v) is 11.8. The van der Waals surface area contributed by atoms with Gasteiger partial charge >= 0.3 is 6.03 Å². The standard InChI is InChI=1S/C13H23N3O3/c1-4-10(6-7-17)8-14-13(18)15-12-9(3)19-16-11(12)5-2/h10,17H,4-8H2,1-3H3,(H2,14,15,18).